The molecule has 2 aliphatic heterocycles. The largest absolute Gasteiger partial charge is 0.491 e. The van der Waals surface area contributed by atoms with Crippen LogP contribution in [0, 0.1) is 0 Å². The van der Waals surface area contributed by atoms with Gasteiger partial charge < -0.3 is 19.1 Å². The van der Waals surface area contributed by atoms with Gasteiger partial charge in [-0.15, -0.1) is 0 Å². The average molecular weight is 305 g/mol. The molecule has 3 rings (SSSR count). The monoisotopic (exact) mass is 305 g/mol. The van der Waals surface area contributed by atoms with E-state index in [9.17, 15) is 4.79 Å². The van der Waals surface area contributed by atoms with Crippen molar-refractivity contribution in [3.63, 3.8) is 0 Å². The molecule has 0 radical (unpaired) electrons. The van der Waals surface area contributed by atoms with Crippen molar-refractivity contribution >= 4 is 6.09 Å². The summed E-state index contributed by atoms with van der Waals surface area (Å²) in [5, 5.41) is 0. The van der Waals surface area contributed by atoms with Crippen molar-refractivity contribution < 1.29 is 19.0 Å². The summed E-state index contributed by atoms with van der Waals surface area (Å²) in [6.07, 6.45) is 0.899. The molecule has 1 aromatic carbocycles. The molecule has 120 valence electrons. The van der Waals surface area contributed by atoms with Crippen LogP contribution in [-0.2, 0) is 22.4 Å². The molecule has 5 heteroatoms. The minimum absolute atomic E-state index is 0.292. The zero-order valence-corrected chi connectivity index (χ0v) is 13.4. The van der Waals surface area contributed by atoms with Crippen LogP contribution in [0.2, 0.25) is 0 Å². The Morgan fingerprint density at radius 2 is 2.18 bits per heavy atom. The Morgan fingerprint density at radius 1 is 1.41 bits per heavy atom. The smallest absolute Gasteiger partial charge is 0.410 e. The van der Waals surface area contributed by atoms with Gasteiger partial charge in [-0.1, -0.05) is 18.2 Å². The third-order valence-electron chi connectivity index (χ3n) is 3.65. The average Bonchev–Trinajstić information content (AvgIpc) is 3.22. The van der Waals surface area contributed by atoms with Gasteiger partial charge >= 0.3 is 6.09 Å². The van der Waals surface area contributed by atoms with E-state index >= 15 is 0 Å². The molecular weight excluding hydrogens is 282 g/mol. The number of hydrogen-bond donors (Lipinski definition) is 0. The van der Waals surface area contributed by atoms with E-state index in [2.05, 4.69) is 6.07 Å². The van der Waals surface area contributed by atoms with Gasteiger partial charge in [0.25, 0.3) is 0 Å². The van der Waals surface area contributed by atoms with Crippen LogP contribution in [0.3, 0.4) is 0 Å². The number of benzene rings is 1. The fourth-order valence-electron chi connectivity index (χ4n) is 2.56. The van der Waals surface area contributed by atoms with E-state index in [-0.39, 0.29) is 6.09 Å². The van der Waals surface area contributed by atoms with Crippen LogP contribution in [0.15, 0.2) is 18.2 Å². The van der Waals surface area contributed by atoms with Gasteiger partial charge in [0.05, 0.1) is 25.8 Å². The lowest BCUT2D eigenvalue weighted by Gasteiger charge is -2.26. The zero-order valence-electron chi connectivity index (χ0n) is 13.4. The number of amides is 1. The van der Waals surface area contributed by atoms with Crippen molar-refractivity contribution in [2.45, 2.75) is 45.4 Å². The number of carbonyl (C=O) groups excluding carboxylic acids is 1. The van der Waals surface area contributed by atoms with Crippen molar-refractivity contribution in [2.75, 3.05) is 19.8 Å². The number of fused-ring (bicyclic) bond motifs is 1. The molecule has 1 fully saturated rings. The van der Waals surface area contributed by atoms with Crippen LogP contribution in [0.1, 0.15) is 31.9 Å². The summed E-state index contributed by atoms with van der Waals surface area (Å²) in [6, 6.07) is 6.09. The Hall–Kier alpha value is -1.75. The Kier molecular flexibility index (Phi) is 4.00. The van der Waals surface area contributed by atoms with Gasteiger partial charge in [0.2, 0.25) is 0 Å². The van der Waals surface area contributed by atoms with Crippen molar-refractivity contribution in [1.29, 1.82) is 0 Å². The third kappa shape index (κ3) is 3.71. The third-order valence-corrected chi connectivity index (χ3v) is 3.65. The Morgan fingerprint density at radius 3 is 2.86 bits per heavy atom. The SMILES string of the molecule is CC(C)(C)OC(=O)N1CCOc2c(CC3CO3)cccc2C1. The normalized spacial score (nSPS) is 20.7. The fraction of sp³-hybridized carbons (Fsp3) is 0.588. The predicted octanol–water partition coefficient (Wildman–Crippen LogP) is 2.76. The number of para-hydroxylation sites is 1. The highest BCUT2D eigenvalue weighted by atomic mass is 16.6. The molecule has 1 atom stereocenters. The lowest BCUT2D eigenvalue weighted by atomic mass is 10.0. The van der Waals surface area contributed by atoms with Crippen LogP contribution >= 0.6 is 0 Å². The molecule has 1 saturated heterocycles. The maximum Gasteiger partial charge on any atom is 0.410 e. The van der Waals surface area contributed by atoms with Crippen LogP contribution in [0.25, 0.3) is 0 Å². The molecule has 2 aliphatic rings. The Labute approximate surface area is 131 Å². The number of ether oxygens (including phenoxy) is 3. The van der Waals surface area contributed by atoms with Gasteiger partial charge in [0, 0.05) is 12.0 Å². The summed E-state index contributed by atoms with van der Waals surface area (Å²) in [5.41, 5.74) is 1.70. The van der Waals surface area contributed by atoms with Crippen LogP contribution in [0.4, 0.5) is 4.79 Å². The molecule has 0 aromatic heterocycles. The second-order valence-electron chi connectivity index (χ2n) is 6.82. The molecule has 0 bridgehead atoms. The molecule has 0 spiro atoms. The predicted molar refractivity (Wildman–Crippen MR) is 82.0 cm³/mol. The lowest BCUT2D eigenvalue weighted by molar-refractivity contribution is 0.0225. The van der Waals surface area contributed by atoms with Crippen LogP contribution in [0.5, 0.6) is 5.75 Å². The summed E-state index contributed by atoms with van der Waals surface area (Å²) in [5.74, 6) is 0.907. The van der Waals surface area contributed by atoms with E-state index in [0.29, 0.717) is 25.8 Å². The highest BCUT2D eigenvalue weighted by Crippen LogP contribution is 2.31. The zero-order chi connectivity index (χ0) is 15.7. The molecule has 1 aromatic rings. The van der Waals surface area contributed by atoms with Gasteiger partial charge in [0.1, 0.15) is 18.0 Å². The van der Waals surface area contributed by atoms with E-state index in [4.69, 9.17) is 14.2 Å². The van der Waals surface area contributed by atoms with E-state index in [1.54, 1.807) is 4.90 Å². The van der Waals surface area contributed by atoms with Crippen molar-refractivity contribution in [3.8, 4) is 5.75 Å². The summed E-state index contributed by atoms with van der Waals surface area (Å²) in [4.78, 5) is 14.0. The molecule has 5 nitrogen and oxygen atoms in total. The molecule has 2 heterocycles. The van der Waals surface area contributed by atoms with Gasteiger partial charge in [-0.25, -0.2) is 4.79 Å². The Balaban J connectivity index is 1.76. The fourth-order valence-corrected chi connectivity index (χ4v) is 2.56. The van der Waals surface area contributed by atoms with E-state index in [1.807, 2.05) is 32.9 Å². The van der Waals surface area contributed by atoms with Crippen molar-refractivity contribution in [1.82, 2.24) is 4.90 Å². The number of carbonyl (C=O) groups is 1. The number of epoxide rings is 1. The standard InChI is InChI=1S/C17H23NO4/c1-17(2,3)22-16(19)18-7-8-20-15-12(9-14-11-21-14)5-4-6-13(15)10-18/h4-6,14H,7-11H2,1-3H3. The second kappa shape index (κ2) is 5.80. The summed E-state index contributed by atoms with van der Waals surface area (Å²) in [7, 11) is 0. The van der Waals surface area contributed by atoms with Gasteiger partial charge in [-0.2, -0.15) is 0 Å². The number of nitrogens with zero attached hydrogens (tertiary/aromatic N) is 1. The van der Waals surface area contributed by atoms with Gasteiger partial charge in [-0.05, 0) is 26.3 Å². The lowest BCUT2D eigenvalue weighted by Crippen LogP contribution is -2.37. The molecule has 0 saturated carbocycles. The van der Waals surface area contributed by atoms with E-state index in [1.165, 1.54) is 0 Å². The van der Waals surface area contributed by atoms with E-state index in [0.717, 1.165) is 29.9 Å². The topological polar surface area (TPSA) is 51.3 Å². The minimum Gasteiger partial charge on any atom is -0.491 e. The summed E-state index contributed by atoms with van der Waals surface area (Å²) in [6.45, 7) is 7.98. The van der Waals surface area contributed by atoms with Crippen LogP contribution < -0.4 is 4.74 Å². The first-order valence-electron chi connectivity index (χ1n) is 7.75. The highest BCUT2D eigenvalue weighted by molar-refractivity contribution is 5.68. The quantitative estimate of drug-likeness (QED) is 0.788. The van der Waals surface area contributed by atoms with E-state index < -0.39 is 5.60 Å². The second-order valence-corrected chi connectivity index (χ2v) is 6.82. The minimum atomic E-state index is -0.488. The molecular formula is C17H23NO4. The molecule has 22 heavy (non-hydrogen) atoms. The molecule has 1 unspecified atom stereocenters. The first-order chi connectivity index (χ1) is 10.4. The molecule has 0 N–H and O–H groups in total. The number of hydrogen-bond acceptors (Lipinski definition) is 4. The van der Waals surface area contributed by atoms with Crippen molar-refractivity contribution in [3.05, 3.63) is 29.3 Å². The first-order valence-corrected chi connectivity index (χ1v) is 7.75. The Bertz CT molecular complexity index is 560. The first kappa shape index (κ1) is 15.2. The molecule has 0 aliphatic carbocycles. The molecule has 1 amide bonds. The van der Waals surface area contributed by atoms with Crippen LogP contribution in [-0.4, -0.2) is 42.5 Å². The van der Waals surface area contributed by atoms with Gasteiger partial charge in [-0.3, -0.25) is 0 Å². The summed E-state index contributed by atoms with van der Waals surface area (Å²) >= 11 is 0. The van der Waals surface area contributed by atoms with Crippen molar-refractivity contribution in [2.24, 2.45) is 0 Å². The maximum absolute atomic E-state index is 12.3. The maximum atomic E-state index is 12.3. The van der Waals surface area contributed by atoms with Gasteiger partial charge in [0.15, 0.2) is 0 Å². The number of rotatable bonds is 2. The highest BCUT2D eigenvalue weighted by Gasteiger charge is 2.28. The summed E-state index contributed by atoms with van der Waals surface area (Å²) < 4.78 is 16.7.